The fraction of sp³-hybridized carbons (Fsp3) is 0.609. The van der Waals surface area contributed by atoms with Gasteiger partial charge in [0.25, 0.3) is 5.91 Å². The van der Waals surface area contributed by atoms with E-state index in [4.69, 9.17) is 0 Å². The summed E-state index contributed by atoms with van der Waals surface area (Å²) in [5, 5.41) is 9.47. The number of carbonyl (C=O) groups excluding carboxylic acids is 3. The number of rotatable bonds is 7. The van der Waals surface area contributed by atoms with E-state index in [9.17, 15) is 14.4 Å². The summed E-state index contributed by atoms with van der Waals surface area (Å²) < 4.78 is 0. The van der Waals surface area contributed by atoms with E-state index in [2.05, 4.69) is 16.0 Å². The molecule has 1 saturated heterocycles. The van der Waals surface area contributed by atoms with E-state index >= 15 is 0 Å². The Kier molecular flexibility index (Phi) is 6.79. The van der Waals surface area contributed by atoms with Crippen LogP contribution in [0.15, 0.2) is 18.2 Å². The lowest BCUT2D eigenvalue weighted by Gasteiger charge is -2.29. The summed E-state index contributed by atoms with van der Waals surface area (Å²) in [7, 11) is 0. The smallest absolute Gasteiger partial charge is 0.255 e. The molecule has 1 aromatic carbocycles. The molecule has 0 radical (unpaired) electrons. The zero-order chi connectivity index (χ0) is 20.9. The van der Waals surface area contributed by atoms with Crippen molar-refractivity contribution in [2.45, 2.75) is 76.5 Å². The molecule has 1 saturated carbocycles. The van der Waals surface area contributed by atoms with Gasteiger partial charge in [-0.05, 0) is 36.5 Å². The number of hydrogen-bond acceptors (Lipinski definition) is 5. The topological polar surface area (TPSA) is 90.5 Å². The summed E-state index contributed by atoms with van der Waals surface area (Å²) in [6, 6.07) is 6.07. The molecule has 2 aliphatic heterocycles. The zero-order valence-electron chi connectivity index (χ0n) is 17.5. The molecule has 7 nitrogen and oxygen atoms in total. The van der Waals surface area contributed by atoms with E-state index < -0.39 is 6.04 Å². The molecule has 1 atom stereocenters. The Morgan fingerprint density at radius 3 is 2.57 bits per heavy atom. The first-order chi connectivity index (χ1) is 14.6. The highest BCUT2D eigenvalue weighted by atomic mass is 16.2. The van der Waals surface area contributed by atoms with Gasteiger partial charge < -0.3 is 15.5 Å². The van der Waals surface area contributed by atoms with Crippen molar-refractivity contribution in [3.05, 3.63) is 34.9 Å². The van der Waals surface area contributed by atoms with Gasteiger partial charge in [-0.2, -0.15) is 0 Å². The van der Waals surface area contributed by atoms with Crippen LogP contribution in [-0.2, 0) is 22.7 Å². The van der Waals surface area contributed by atoms with Gasteiger partial charge in [0.15, 0.2) is 0 Å². The SMILES string of the molecule is O=C1CCC(N2Cc3ccc(CNCCNC4CCCCCC4)cc3C2=O)C(=O)N1. The number of nitrogens with zero attached hydrogens (tertiary/aromatic N) is 1. The predicted molar refractivity (Wildman–Crippen MR) is 114 cm³/mol. The normalized spacial score (nSPS) is 22.7. The van der Waals surface area contributed by atoms with Crippen molar-refractivity contribution < 1.29 is 14.4 Å². The van der Waals surface area contributed by atoms with Gasteiger partial charge in [-0.15, -0.1) is 0 Å². The van der Waals surface area contributed by atoms with Crippen LogP contribution in [0.1, 0.15) is 72.9 Å². The third-order valence-electron chi connectivity index (χ3n) is 6.51. The third-order valence-corrected chi connectivity index (χ3v) is 6.51. The Bertz CT molecular complexity index is 802. The standard InChI is InChI=1S/C23H32N4O3/c28-21-10-9-20(22(29)26-21)27-15-17-8-7-16(13-19(17)23(27)30)14-24-11-12-25-18-5-3-1-2-4-6-18/h7-8,13,18,20,24-25H,1-6,9-12,14-15H2,(H,26,28,29). The molecule has 3 aliphatic rings. The van der Waals surface area contributed by atoms with Crippen molar-refractivity contribution in [3.63, 3.8) is 0 Å². The number of fused-ring (bicyclic) bond motifs is 1. The van der Waals surface area contributed by atoms with Gasteiger partial charge >= 0.3 is 0 Å². The number of amides is 3. The molecule has 2 heterocycles. The zero-order valence-corrected chi connectivity index (χ0v) is 17.5. The Hall–Kier alpha value is -2.25. The van der Waals surface area contributed by atoms with Gasteiger partial charge in [0, 0.05) is 44.2 Å². The van der Waals surface area contributed by atoms with Gasteiger partial charge in [-0.25, -0.2) is 0 Å². The first kappa shape index (κ1) is 21.0. The van der Waals surface area contributed by atoms with Crippen LogP contribution in [0.4, 0.5) is 0 Å². The van der Waals surface area contributed by atoms with E-state index in [1.165, 1.54) is 38.5 Å². The highest BCUT2D eigenvalue weighted by Gasteiger charge is 2.39. The minimum atomic E-state index is -0.556. The van der Waals surface area contributed by atoms with Crippen LogP contribution in [0.5, 0.6) is 0 Å². The van der Waals surface area contributed by atoms with Crippen molar-refractivity contribution in [2.75, 3.05) is 13.1 Å². The summed E-state index contributed by atoms with van der Waals surface area (Å²) in [6.45, 7) is 2.99. The number of piperidine rings is 1. The molecule has 1 aromatic rings. The van der Waals surface area contributed by atoms with Crippen molar-refractivity contribution in [2.24, 2.45) is 0 Å². The molecular weight excluding hydrogens is 380 g/mol. The Balaban J connectivity index is 1.26. The van der Waals surface area contributed by atoms with Gasteiger partial charge in [0.1, 0.15) is 6.04 Å². The largest absolute Gasteiger partial charge is 0.322 e. The molecule has 2 fully saturated rings. The van der Waals surface area contributed by atoms with E-state index in [1.807, 2.05) is 18.2 Å². The van der Waals surface area contributed by atoms with Crippen molar-refractivity contribution >= 4 is 17.7 Å². The average Bonchev–Trinajstić information content (AvgIpc) is 2.90. The van der Waals surface area contributed by atoms with E-state index in [-0.39, 0.29) is 24.1 Å². The predicted octanol–water partition coefficient (Wildman–Crippen LogP) is 1.85. The van der Waals surface area contributed by atoms with Crippen LogP contribution in [0.3, 0.4) is 0 Å². The second-order valence-corrected chi connectivity index (χ2v) is 8.71. The summed E-state index contributed by atoms with van der Waals surface area (Å²) in [5.74, 6) is -0.742. The lowest BCUT2D eigenvalue weighted by molar-refractivity contribution is -0.136. The molecule has 7 heteroatoms. The number of benzene rings is 1. The molecule has 0 bridgehead atoms. The Morgan fingerprint density at radius 2 is 1.80 bits per heavy atom. The Labute approximate surface area is 178 Å². The summed E-state index contributed by atoms with van der Waals surface area (Å²) in [6.07, 6.45) is 8.66. The van der Waals surface area contributed by atoms with E-state index in [0.29, 0.717) is 31.1 Å². The second kappa shape index (κ2) is 9.71. The number of hydrogen-bond donors (Lipinski definition) is 3. The van der Waals surface area contributed by atoms with Crippen LogP contribution in [0.2, 0.25) is 0 Å². The number of carbonyl (C=O) groups is 3. The summed E-state index contributed by atoms with van der Waals surface area (Å²) in [4.78, 5) is 38.0. The molecule has 0 spiro atoms. The van der Waals surface area contributed by atoms with Gasteiger partial charge in [-0.1, -0.05) is 37.8 Å². The second-order valence-electron chi connectivity index (χ2n) is 8.71. The maximum atomic E-state index is 12.9. The minimum Gasteiger partial charge on any atom is -0.322 e. The van der Waals surface area contributed by atoms with Crippen molar-refractivity contribution in [3.8, 4) is 0 Å². The van der Waals surface area contributed by atoms with Crippen LogP contribution in [0.25, 0.3) is 0 Å². The van der Waals surface area contributed by atoms with Crippen molar-refractivity contribution in [1.29, 1.82) is 0 Å². The summed E-state index contributed by atoms with van der Waals surface area (Å²) in [5.41, 5.74) is 2.70. The maximum Gasteiger partial charge on any atom is 0.255 e. The van der Waals surface area contributed by atoms with Crippen LogP contribution < -0.4 is 16.0 Å². The first-order valence-corrected chi connectivity index (χ1v) is 11.3. The first-order valence-electron chi connectivity index (χ1n) is 11.3. The molecule has 1 unspecified atom stereocenters. The molecule has 3 amide bonds. The van der Waals surface area contributed by atoms with E-state index in [1.54, 1.807) is 4.90 Å². The molecular formula is C23H32N4O3. The lowest BCUT2D eigenvalue weighted by atomic mass is 10.0. The monoisotopic (exact) mass is 412 g/mol. The minimum absolute atomic E-state index is 0.114. The molecule has 0 aromatic heterocycles. The van der Waals surface area contributed by atoms with Crippen LogP contribution in [-0.4, -0.2) is 47.8 Å². The van der Waals surface area contributed by atoms with Gasteiger partial charge in [0.05, 0.1) is 0 Å². The summed E-state index contributed by atoms with van der Waals surface area (Å²) >= 11 is 0. The molecule has 30 heavy (non-hydrogen) atoms. The number of nitrogens with one attached hydrogen (secondary N) is 3. The molecule has 4 rings (SSSR count). The third kappa shape index (κ3) is 4.90. The molecule has 1 aliphatic carbocycles. The van der Waals surface area contributed by atoms with Gasteiger partial charge in [-0.3, -0.25) is 19.7 Å². The fourth-order valence-electron chi connectivity index (χ4n) is 4.79. The highest BCUT2D eigenvalue weighted by molar-refractivity contribution is 6.05. The molecule has 162 valence electrons. The molecule has 3 N–H and O–H groups in total. The lowest BCUT2D eigenvalue weighted by Crippen LogP contribution is -2.52. The maximum absolute atomic E-state index is 12.9. The quantitative estimate of drug-likeness (QED) is 0.361. The van der Waals surface area contributed by atoms with Crippen LogP contribution in [0, 0.1) is 0 Å². The van der Waals surface area contributed by atoms with Gasteiger partial charge in [0.2, 0.25) is 11.8 Å². The average molecular weight is 413 g/mol. The van der Waals surface area contributed by atoms with Crippen molar-refractivity contribution in [1.82, 2.24) is 20.9 Å². The highest BCUT2D eigenvalue weighted by Crippen LogP contribution is 2.28. The Morgan fingerprint density at radius 1 is 1.00 bits per heavy atom. The number of imide groups is 1. The fourth-order valence-corrected chi connectivity index (χ4v) is 4.79. The van der Waals surface area contributed by atoms with Crippen LogP contribution >= 0.6 is 0 Å². The van der Waals surface area contributed by atoms with E-state index in [0.717, 1.165) is 24.2 Å².